The molecule has 0 aliphatic heterocycles. The van der Waals surface area contributed by atoms with Gasteiger partial charge in [-0.1, -0.05) is 110 Å². The van der Waals surface area contributed by atoms with Crippen molar-refractivity contribution in [3.8, 4) is 0 Å². The average Bonchev–Trinajstić information content (AvgIpc) is 2.60. The van der Waals surface area contributed by atoms with Crippen molar-refractivity contribution in [2.45, 2.75) is 123 Å². The molecule has 0 aromatic carbocycles. The maximum Gasteiger partial charge on any atom is 1.00 e. The predicted octanol–water partition coefficient (Wildman–Crippen LogP) is 3.93. The SMILES string of the molecule is CCCCCCCCCCCCC(CCCCCCC)(C(=O)O)C(=O)O.[H-].[Li+]. The van der Waals surface area contributed by atoms with Crippen LogP contribution in [0.1, 0.15) is 124 Å². The van der Waals surface area contributed by atoms with Gasteiger partial charge in [0.1, 0.15) is 0 Å². The standard InChI is InChI=1S/C22H42O4.Li.H/c1-3-5-7-9-10-11-12-13-15-17-19-22(20(23)24,21(25)26)18-16-14-8-6-4-2;;/h3-19H2,1-2H3,(H,23,24)(H,25,26);;/q;+1;-1. The van der Waals surface area contributed by atoms with E-state index in [1.165, 1.54) is 44.9 Å². The maximum atomic E-state index is 11.7. The van der Waals surface area contributed by atoms with Crippen LogP contribution in [0.3, 0.4) is 0 Å². The molecule has 27 heavy (non-hydrogen) atoms. The fourth-order valence-electron chi connectivity index (χ4n) is 3.59. The molecule has 0 saturated carbocycles. The topological polar surface area (TPSA) is 74.6 Å². The van der Waals surface area contributed by atoms with Crippen molar-refractivity contribution in [2.24, 2.45) is 5.41 Å². The third-order valence-corrected chi connectivity index (χ3v) is 5.48. The third kappa shape index (κ3) is 13.4. The molecule has 0 amide bonds. The monoisotopic (exact) mass is 378 g/mol. The number of hydrogen-bond acceptors (Lipinski definition) is 2. The number of carbonyl (C=O) groups is 2. The first-order valence-corrected chi connectivity index (χ1v) is 11.0. The van der Waals surface area contributed by atoms with Crippen molar-refractivity contribution in [1.82, 2.24) is 0 Å². The van der Waals surface area contributed by atoms with Crippen molar-refractivity contribution >= 4 is 11.9 Å². The second kappa shape index (κ2) is 18.9. The van der Waals surface area contributed by atoms with Crippen LogP contribution in [-0.2, 0) is 9.59 Å². The first-order valence-electron chi connectivity index (χ1n) is 11.0. The molecule has 0 fully saturated rings. The van der Waals surface area contributed by atoms with Crippen molar-refractivity contribution < 1.29 is 40.1 Å². The van der Waals surface area contributed by atoms with E-state index in [2.05, 4.69) is 13.8 Å². The fraction of sp³-hybridized carbons (Fsp3) is 0.909. The summed E-state index contributed by atoms with van der Waals surface area (Å²) in [7, 11) is 0. The van der Waals surface area contributed by atoms with E-state index in [4.69, 9.17) is 0 Å². The van der Waals surface area contributed by atoms with Gasteiger partial charge in [0.25, 0.3) is 0 Å². The van der Waals surface area contributed by atoms with E-state index < -0.39 is 17.4 Å². The number of rotatable bonds is 19. The molecule has 4 nitrogen and oxygen atoms in total. The third-order valence-electron chi connectivity index (χ3n) is 5.48. The molecular weight excluding hydrogens is 335 g/mol. The van der Waals surface area contributed by atoms with E-state index in [-0.39, 0.29) is 33.1 Å². The van der Waals surface area contributed by atoms with Crippen LogP contribution in [0.25, 0.3) is 0 Å². The van der Waals surface area contributed by atoms with Crippen LogP contribution < -0.4 is 18.9 Å². The number of carboxylic acid groups (broad SMARTS) is 2. The van der Waals surface area contributed by atoms with Gasteiger partial charge in [0, 0.05) is 0 Å². The van der Waals surface area contributed by atoms with Gasteiger partial charge in [-0.15, -0.1) is 0 Å². The Morgan fingerprint density at radius 3 is 1.11 bits per heavy atom. The van der Waals surface area contributed by atoms with E-state index in [0.29, 0.717) is 12.8 Å². The van der Waals surface area contributed by atoms with E-state index in [1.807, 2.05) is 0 Å². The van der Waals surface area contributed by atoms with Crippen molar-refractivity contribution in [2.75, 3.05) is 0 Å². The van der Waals surface area contributed by atoms with Gasteiger partial charge in [0.05, 0.1) is 0 Å². The molecule has 156 valence electrons. The van der Waals surface area contributed by atoms with Gasteiger partial charge in [-0.2, -0.15) is 0 Å². The van der Waals surface area contributed by atoms with Gasteiger partial charge in [-0.05, 0) is 12.8 Å². The van der Waals surface area contributed by atoms with Crippen LogP contribution in [0.5, 0.6) is 0 Å². The molecule has 0 atom stereocenters. The molecule has 0 bridgehead atoms. The Balaban J connectivity index is -0.00000312. The summed E-state index contributed by atoms with van der Waals surface area (Å²) in [4.78, 5) is 23.4. The molecular formula is C22H43LiO4. The summed E-state index contributed by atoms with van der Waals surface area (Å²) in [5, 5.41) is 19.1. The molecule has 0 aliphatic rings. The van der Waals surface area contributed by atoms with Crippen LogP contribution in [0.4, 0.5) is 0 Å². The first kappa shape index (κ1) is 28.7. The molecule has 0 spiro atoms. The van der Waals surface area contributed by atoms with Crippen LogP contribution in [0.2, 0.25) is 0 Å². The summed E-state index contributed by atoms with van der Waals surface area (Å²) in [6.07, 6.45) is 17.1. The fourth-order valence-corrected chi connectivity index (χ4v) is 3.59. The van der Waals surface area contributed by atoms with Crippen molar-refractivity contribution in [3.05, 3.63) is 0 Å². The van der Waals surface area contributed by atoms with E-state index in [0.717, 1.165) is 38.5 Å². The van der Waals surface area contributed by atoms with Crippen LogP contribution >= 0.6 is 0 Å². The molecule has 0 aliphatic carbocycles. The van der Waals surface area contributed by atoms with Gasteiger partial charge < -0.3 is 11.6 Å². The van der Waals surface area contributed by atoms with Gasteiger partial charge in [0.2, 0.25) is 0 Å². The molecule has 0 aromatic heterocycles. The van der Waals surface area contributed by atoms with E-state index in [9.17, 15) is 19.8 Å². The summed E-state index contributed by atoms with van der Waals surface area (Å²) < 4.78 is 0. The van der Waals surface area contributed by atoms with E-state index >= 15 is 0 Å². The van der Waals surface area contributed by atoms with Crippen LogP contribution in [0, 0.1) is 5.41 Å². The van der Waals surface area contributed by atoms with Gasteiger partial charge in [0.15, 0.2) is 5.41 Å². The molecule has 0 heterocycles. The summed E-state index contributed by atoms with van der Waals surface area (Å²) in [6, 6.07) is 0. The molecule has 0 rings (SSSR count). The van der Waals surface area contributed by atoms with Crippen molar-refractivity contribution in [3.63, 3.8) is 0 Å². The van der Waals surface area contributed by atoms with Crippen molar-refractivity contribution in [1.29, 1.82) is 0 Å². The Kier molecular flexibility index (Phi) is 20.1. The Morgan fingerprint density at radius 2 is 0.852 bits per heavy atom. The van der Waals surface area contributed by atoms with Gasteiger partial charge >= 0.3 is 30.8 Å². The summed E-state index contributed by atoms with van der Waals surface area (Å²) >= 11 is 0. The number of aliphatic carboxylic acids is 2. The second-order valence-electron chi connectivity index (χ2n) is 7.79. The molecule has 0 radical (unpaired) electrons. The molecule has 0 aromatic rings. The minimum Gasteiger partial charge on any atom is -1.00 e. The minimum atomic E-state index is -1.58. The number of unbranched alkanes of at least 4 members (excludes halogenated alkanes) is 13. The molecule has 2 N–H and O–H groups in total. The zero-order valence-electron chi connectivity index (χ0n) is 19.2. The first-order chi connectivity index (χ1) is 12.5. The zero-order chi connectivity index (χ0) is 19.7. The second-order valence-corrected chi connectivity index (χ2v) is 7.79. The smallest absolute Gasteiger partial charge is 1.00 e. The average molecular weight is 379 g/mol. The summed E-state index contributed by atoms with van der Waals surface area (Å²) in [5.74, 6) is -2.31. The molecule has 0 saturated heterocycles. The normalized spacial score (nSPS) is 11.2. The van der Waals surface area contributed by atoms with E-state index in [1.54, 1.807) is 0 Å². The summed E-state index contributed by atoms with van der Waals surface area (Å²) in [6.45, 7) is 4.35. The number of carboxylic acids is 2. The Morgan fingerprint density at radius 1 is 0.593 bits per heavy atom. The Hall–Kier alpha value is -0.463. The molecule has 5 heteroatoms. The largest absolute Gasteiger partial charge is 1.00 e. The minimum absolute atomic E-state index is 0. The molecule has 0 unspecified atom stereocenters. The summed E-state index contributed by atoms with van der Waals surface area (Å²) in [5.41, 5.74) is -1.58. The Labute approximate surface area is 180 Å². The van der Waals surface area contributed by atoms with Crippen LogP contribution in [0.15, 0.2) is 0 Å². The van der Waals surface area contributed by atoms with Gasteiger partial charge in [-0.3, -0.25) is 9.59 Å². The number of hydrogen-bond donors (Lipinski definition) is 2. The zero-order valence-corrected chi connectivity index (χ0v) is 18.2. The predicted molar refractivity (Wildman–Crippen MR) is 109 cm³/mol. The van der Waals surface area contributed by atoms with Gasteiger partial charge in [-0.25, -0.2) is 0 Å². The maximum absolute atomic E-state index is 11.7. The Bertz CT molecular complexity index is 364. The van der Waals surface area contributed by atoms with Crippen LogP contribution in [-0.4, -0.2) is 22.2 Å². The quantitative estimate of drug-likeness (QED) is 0.203.